The summed E-state index contributed by atoms with van der Waals surface area (Å²) in [7, 11) is 0. The molecule has 0 unspecified atom stereocenters. The van der Waals surface area contributed by atoms with Crippen molar-refractivity contribution in [2.24, 2.45) is 0 Å². The molecule has 6 heteroatoms. The lowest BCUT2D eigenvalue weighted by Crippen LogP contribution is -2.53. The molecule has 6 nitrogen and oxygen atoms in total. The Morgan fingerprint density at radius 3 is 2.83 bits per heavy atom. The van der Waals surface area contributed by atoms with Gasteiger partial charge < -0.3 is 16.0 Å². The Labute approximate surface area is 137 Å². The van der Waals surface area contributed by atoms with Gasteiger partial charge in [-0.25, -0.2) is 0 Å². The van der Waals surface area contributed by atoms with Crippen LogP contribution in [0.4, 0.5) is 5.69 Å². The average Bonchev–Trinajstić information content (AvgIpc) is 2.55. The van der Waals surface area contributed by atoms with Crippen molar-refractivity contribution in [1.29, 1.82) is 0 Å². The number of carbonyl (C=O) groups excluding carboxylic acids is 2. The number of rotatable bonds is 6. The third kappa shape index (κ3) is 5.33. The van der Waals surface area contributed by atoms with Crippen molar-refractivity contribution in [2.75, 3.05) is 38.0 Å². The van der Waals surface area contributed by atoms with Crippen molar-refractivity contribution < 1.29 is 9.59 Å². The number of piperazine rings is 1. The first-order valence-electron chi connectivity index (χ1n) is 8.19. The predicted molar refractivity (Wildman–Crippen MR) is 91.4 cm³/mol. The van der Waals surface area contributed by atoms with Crippen molar-refractivity contribution >= 4 is 17.5 Å². The van der Waals surface area contributed by atoms with E-state index in [9.17, 15) is 9.59 Å². The van der Waals surface area contributed by atoms with Crippen LogP contribution in [0.3, 0.4) is 0 Å². The number of hydrogen-bond acceptors (Lipinski definition) is 4. The Morgan fingerprint density at radius 1 is 1.30 bits per heavy atom. The van der Waals surface area contributed by atoms with Gasteiger partial charge in [-0.05, 0) is 25.0 Å². The monoisotopic (exact) mass is 318 g/mol. The fourth-order valence-electron chi connectivity index (χ4n) is 2.68. The Balaban J connectivity index is 1.76. The van der Waals surface area contributed by atoms with Gasteiger partial charge in [-0.15, -0.1) is 0 Å². The third-order valence-electron chi connectivity index (χ3n) is 4.10. The molecule has 0 aliphatic carbocycles. The molecular weight excluding hydrogens is 292 g/mol. The largest absolute Gasteiger partial charge is 0.346 e. The Bertz CT molecular complexity index is 547. The van der Waals surface area contributed by atoms with Crippen molar-refractivity contribution in [3.63, 3.8) is 0 Å². The molecule has 1 atom stereocenters. The van der Waals surface area contributed by atoms with E-state index in [0.29, 0.717) is 12.6 Å². The summed E-state index contributed by atoms with van der Waals surface area (Å²) in [4.78, 5) is 26.1. The van der Waals surface area contributed by atoms with Crippen LogP contribution in [0.25, 0.3) is 0 Å². The zero-order valence-electron chi connectivity index (χ0n) is 13.9. The van der Waals surface area contributed by atoms with E-state index in [1.807, 2.05) is 31.2 Å². The molecule has 1 aromatic carbocycles. The van der Waals surface area contributed by atoms with Gasteiger partial charge in [-0.1, -0.05) is 25.1 Å². The van der Waals surface area contributed by atoms with Gasteiger partial charge in [0, 0.05) is 31.4 Å². The summed E-state index contributed by atoms with van der Waals surface area (Å²) in [6, 6.07) is 8.03. The highest BCUT2D eigenvalue weighted by molar-refractivity contribution is 5.95. The van der Waals surface area contributed by atoms with Crippen LogP contribution in [0.15, 0.2) is 24.3 Å². The number of anilines is 1. The second kappa shape index (κ2) is 8.64. The molecule has 23 heavy (non-hydrogen) atoms. The lowest BCUT2D eigenvalue weighted by atomic mass is 10.1. The van der Waals surface area contributed by atoms with Crippen LogP contribution >= 0.6 is 0 Å². The van der Waals surface area contributed by atoms with Crippen molar-refractivity contribution in [3.05, 3.63) is 29.8 Å². The van der Waals surface area contributed by atoms with Crippen LogP contribution < -0.4 is 16.0 Å². The second-order valence-electron chi connectivity index (χ2n) is 5.86. The number of nitrogens with one attached hydrogen (secondary N) is 3. The molecule has 0 aromatic heterocycles. The molecule has 1 aliphatic rings. The minimum absolute atomic E-state index is 0.00263. The molecule has 2 amide bonds. The quantitative estimate of drug-likeness (QED) is 0.718. The van der Waals surface area contributed by atoms with E-state index in [1.54, 1.807) is 0 Å². The molecule has 0 saturated carbocycles. The second-order valence-corrected chi connectivity index (χ2v) is 5.86. The summed E-state index contributed by atoms with van der Waals surface area (Å²) in [6.07, 6.45) is 0.851. The first-order valence-corrected chi connectivity index (χ1v) is 8.19. The lowest BCUT2D eigenvalue weighted by molar-refractivity contribution is -0.125. The average molecular weight is 318 g/mol. The molecule has 3 N–H and O–H groups in total. The number of hydrogen-bond donors (Lipinski definition) is 3. The molecule has 126 valence electrons. The SMILES string of the molecule is CCc1ccccc1NC(=O)CNC(=O)CN1CCNC[C@H]1C. The number of para-hydroxylation sites is 1. The summed E-state index contributed by atoms with van der Waals surface area (Å²) < 4.78 is 0. The minimum atomic E-state index is -0.201. The summed E-state index contributed by atoms with van der Waals surface area (Å²) in [5.74, 6) is -0.315. The molecule has 0 bridgehead atoms. The number of amides is 2. The molecule has 1 aromatic rings. The number of carbonyl (C=O) groups is 2. The Morgan fingerprint density at radius 2 is 2.09 bits per heavy atom. The van der Waals surface area contributed by atoms with Gasteiger partial charge >= 0.3 is 0 Å². The minimum Gasteiger partial charge on any atom is -0.346 e. The standard InChI is InChI=1S/C17H26N4O2/c1-3-14-6-4-5-7-15(14)20-16(22)11-19-17(23)12-21-9-8-18-10-13(21)2/h4-7,13,18H,3,8-12H2,1-2H3,(H,19,23)(H,20,22)/t13-/m1/s1. The summed E-state index contributed by atoms with van der Waals surface area (Å²) >= 11 is 0. The van der Waals surface area contributed by atoms with E-state index in [1.165, 1.54) is 0 Å². The first kappa shape index (κ1) is 17.4. The Hall–Kier alpha value is -1.92. The van der Waals surface area contributed by atoms with Crippen LogP contribution in [0.1, 0.15) is 19.4 Å². The maximum absolute atomic E-state index is 12.0. The molecule has 1 saturated heterocycles. The van der Waals surface area contributed by atoms with E-state index in [-0.39, 0.29) is 18.4 Å². The summed E-state index contributed by atoms with van der Waals surface area (Å²) in [6.45, 7) is 7.10. The highest BCUT2D eigenvalue weighted by Gasteiger charge is 2.20. The zero-order chi connectivity index (χ0) is 16.7. The molecule has 1 aliphatic heterocycles. The van der Waals surface area contributed by atoms with Crippen LogP contribution in [0.5, 0.6) is 0 Å². The van der Waals surface area contributed by atoms with Gasteiger partial charge in [0.1, 0.15) is 0 Å². The van der Waals surface area contributed by atoms with Crippen LogP contribution in [-0.4, -0.2) is 55.5 Å². The molecule has 0 spiro atoms. The highest BCUT2D eigenvalue weighted by atomic mass is 16.2. The smallest absolute Gasteiger partial charge is 0.243 e. The fraction of sp³-hybridized carbons (Fsp3) is 0.529. The fourth-order valence-corrected chi connectivity index (χ4v) is 2.68. The van der Waals surface area contributed by atoms with Crippen molar-refractivity contribution in [2.45, 2.75) is 26.3 Å². The van der Waals surface area contributed by atoms with Crippen molar-refractivity contribution in [3.8, 4) is 0 Å². The zero-order valence-corrected chi connectivity index (χ0v) is 13.9. The van der Waals surface area contributed by atoms with Gasteiger partial charge in [-0.3, -0.25) is 14.5 Å². The summed E-state index contributed by atoms with van der Waals surface area (Å²) in [5.41, 5.74) is 1.90. The van der Waals surface area contributed by atoms with Crippen LogP contribution in [0.2, 0.25) is 0 Å². The van der Waals surface area contributed by atoms with E-state index in [0.717, 1.165) is 37.3 Å². The molecule has 0 radical (unpaired) electrons. The normalized spacial score (nSPS) is 18.4. The predicted octanol–water partition coefficient (Wildman–Crippen LogP) is 0.597. The third-order valence-corrected chi connectivity index (χ3v) is 4.10. The van der Waals surface area contributed by atoms with E-state index < -0.39 is 0 Å². The maximum atomic E-state index is 12.0. The number of benzene rings is 1. The maximum Gasteiger partial charge on any atom is 0.243 e. The van der Waals surface area contributed by atoms with Crippen LogP contribution in [-0.2, 0) is 16.0 Å². The lowest BCUT2D eigenvalue weighted by Gasteiger charge is -2.33. The number of nitrogens with zero attached hydrogens (tertiary/aromatic N) is 1. The van der Waals surface area contributed by atoms with Crippen molar-refractivity contribution in [1.82, 2.24) is 15.5 Å². The number of aryl methyl sites for hydroxylation is 1. The molecule has 2 rings (SSSR count). The van der Waals surface area contributed by atoms with E-state index in [4.69, 9.17) is 0 Å². The first-order chi connectivity index (χ1) is 11.1. The summed E-state index contributed by atoms with van der Waals surface area (Å²) in [5, 5.41) is 8.84. The molecular formula is C17H26N4O2. The van der Waals surface area contributed by atoms with Gasteiger partial charge in [0.25, 0.3) is 0 Å². The molecule has 1 heterocycles. The van der Waals surface area contributed by atoms with Gasteiger partial charge in [0.15, 0.2) is 0 Å². The topological polar surface area (TPSA) is 73.5 Å². The highest BCUT2D eigenvalue weighted by Crippen LogP contribution is 2.14. The van der Waals surface area contributed by atoms with E-state index in [2.05, 4.69) is 27.8 Å². The van der Waals surface area contributed by atoms with E-state index >= 15 is 0 Å². The molecule has 1 fully saturated rings. The van der Waals surface area contributed by atoms with Gasteiger partial charge in [-0.2, -0.15) is 0 Å². The Kier molecular flexibility index (Phi) is 6.55. The van der Waals surface area contributed by atoms with Gasteiger partial charge in [0.2, 0.25) is 11.8 Å². The van der Waals surface area contributed by atoms with Crippen LogP contribution in [0, 0.1) is 0 Å². The van der Waals surface area contributed by atoms with Gasteiger partial charge in [0.05, 0.1) is 13.1 Å².